The molecule has 0 heterocycles. The maximum absolute atomic E-state index is 5.89. The molecule has 2 aromatic rings. The van der Waals surface area contributed by atoms with E-state index in [9.17, 15) is 0 Å². The minimum atomic E-state index is 0.794. The van der Waals surface area contributed by atoms with Crippen LogP contribution in [0.1, 0.15) is 109 Å². The van der Waals surface area contributed by atoms with Gasteiger partial charge < -0.3 is 4.74 Å². The standard InChI is InChI=1S/C30H46N2O/c1-3-5-7-8-9-10-11-12-13-14-15-16-26-33-30-24-22-29(23-25-30)32-31-28-20-18-27(19-21-28)17-6-4-2/h18-25H,3-17,26H2,1-2H3. The number of ether oxygens (including phenoxy) is 1. The van der Waals surface area contributed by atoms with Crippen LogP contribution < -0.4 is 4.74 Å². The Balaban J connectivity index is 1.52. The van der Waals surface area contributed by atoms with Crippen molar-refractivity contribution in [1.82, 2.24) is 0 Å². The van der Waals surface area contributed by atoms with E-state index in [1.54, 1.807) is 0 Å². The Kier molecular flexibility index (Phi) is 15.0. The van der Waals surface area contributed by atoms with Crippen molar-refractivity contribution in [2.24, 2.45) is 10.2 Å². The van der Waals surface area contributed by atoms with Crippen molar-refractivity contribution < 1.29 is 4.74 Å². The third-order valence-corrected chi connectivity index (χ3v) is 6.14. The first kappa shape index (κ1) is 27.1. The van der Waals surface area contributed by atoms with Crippen LogP contribution in [-0.2, 0) is 6.42 Å². The highest BCUT2D eigenvalue weighted by Crippen LogP contribution is 2.22. The van der Waals surface area contributed by atoms with Crippen molar-refractivity contribution in [2.45, 2.75) is 110 Å². The zero-order valence-corrected chi connectivity index (χ0v) is 21.2. The first-order valence-electron chi connectivity index (χ1n) is 13.6. The third kappa shape index (κ3) is 13.2. The Hall–Kier alpha value is -2.16. The van der Waals surface area contributed by atoms with Crippen LogP contribution in [0.4, 0.5) is 11.4 Å². The molecule has 0 fully saturated rings. The number of aryl methyl sites for hydroxylation is 1. The summed E-state index contributed by atoms with van der Waals surface area (Å²) in [6.45, 7) is 5.30. The molecule has 0 spiro atoms. The van der Waals surface area contributed by atoms with E-state index in [0.717, 1.165) is 36.6 Å². The van der Waals surface area contributed by atoms with Gasteiger partial charge in [0.25, 0.3) is 0 Å². The van der Waals surface area contributed by atoms with Gasteiger partial charge in [-0.3, -0.25) is 0 Å². The topological polar surface area (TPSA) is 34.0 Å². The van der Waals surface area contributed by atoms with Gasteiger partial charge in [-0.25, -0.2) is 0 Å². The number of azo groups is 1. The van der Waals surface area contributed by atoms with Crippen LogP contribution in [0, 0.1) is 0 Å². The maximum atomic E-state index is 5.89. The average Bonchev–Trinajstić information content (AvgIpc) is 2.85. The number of nitrogens with zero attached hydrogens (tertiary/aromatic N) is 2. The fourth-order valence-electron chi connectivity index (χ4n) is 3.97. The molecule has 3 heteroatoms. The quantitative estimate of drug-likeness (QED) is 0.155. The maximum Gasteiger partial charge on any atom is 0.119 e. The molecule has 0 radical (unpaired) electrons. The summed E-state index contributed by atoms with van der Waals surface area (Å²) < 4.78 is 5.89. The molecule has 0 saturated heterocycles. The zero-order valence-electron chi connectivity index (χ0n) is 21.2. The molecule has 0 unspecified atom stereocenters. The summed E-state index contributed by atoms with van der Waals surface area (Å²) in [5.74, 6) is 0.914. The Labute approximate surface area is 203 Å². The van der Waals surface area contributed by atoms with Gasteiger partial charge in [0.2, 0.25) is 0 Å². The third-order valence-electron chi connectivity index (χ3n) is 6.14. The van der Waals surface area contributed by atoms with Gasteiger partial charge in [-0.15, -0.1) is 0 Å². The van der Waals surface area contributed by atoms with Crippen LogP contribution in [0.15, 0.2) is 58.8 Å². The fraction of sp³-hybridized carbons (Fsp3) is 0.600. The SMILES string of the molecule is CCCCCCCCCCCCCCOc1ccc(N=Nc2ccc(CCCC)cc2)cc1. The Morgan fingerprint density at radius 1 is 0.515 bits per heavy atom. The largest absolute Gasteiger partial charge is 0.494 e. The lowest BCUT2D eigenvalue weighted by atomic mass is 10.1. The number of hydrogen-bond acceptors (Lipinski definition) is 3. The van der Waals surface area contributed by atoms with Crippen molar-refractivity contribution in [3.05, 3.63) is 54.1 Å². The molecule has 3 nitrogen and oxygen atoms in total. The highest BCUT2D eigenvalue weighted by atomic mass is 16.5. The molecule has 0 aromatic heterocycles. The van der Waals surface area contributed by atoms with Crippen molar-refractivity contribution in [3.63, 3.8) is 0 Å². The minimum absolute atomic E-state index is 0.794. The van der Waals surface area contributed by atoms with Gasteiger partial charge in [-0.1, -0.05) is 103 Å². The molecule has 33 heavy (non-hydrogen) atoms. The molecule has 0 atom stereocenters. The first-order valence-corrected chi connectivity index (χ1v) is 13.6. The predicted molar refractivity (Wildman–Crippen MR) is 142 cm³/mol. The van der Waals surface area contributed by atoms with E-state index in [-0.39, 0.29) is 0 Å². The summed E-state index contributed by atoms with van der Waals surface area (Å²) in [4.78, 5) is 0. The normalized spacial score (nSPS) is 11.3. The lowest BCUT2D eigenvalue weighted by Gasteiger charge is -2.06. The van der Waals surface area contributed by atoms with E-state index in [0.29, 0.717) is 0 Å². The van der Waals surface area contributed by atoms with Crippen LogP contribution in [0.2, 0.25) is 0 Å². The summed E-state index contributed by atoms with van der Waals surface area (Å²) in [5, 5.41) is 8.70. The second-order valence-corrected chi connectivity index (χ2v) is 9.20. The predicted octanol–water partition coefficient (Wildman–Crippen LogP) is 10.5. The number of hydrogen-bond donors (Lipinski definition) is 0. The van der Waals surface area contributed by atoms with E-state index >= 15 is 0 Å². The second kappa shape index (κ2) is 18.3. The van der Waals surface area contributed by atoms with E-state index in [1.807, 2.05) is 36.4 Å². The number of unbranched alkanes of at least 4 members (excludes halogenated alkanes) is 12. The van der Waals surface area contributed by atoms with Gasteiger partial charge >= 0.3 is 0 Å². The molecule has 0 amide bonds. The van der Waals surface area contributed by atoms with Crippen molar-refractivity contribution in [2.75, 3.05) is 6.61 Å². The molecule has 0 aliphatic heterocycles. The summed E-state index contributed by atoms with van der Waals surface area (Å²) in [7, 11) is 0. The zero-order chi connectivity index (χ0) is 23.4. The lowest BCUT2D eigenvalue weighted by molar-refractivity contribution is 0.304. The highest BCUT2D eigenvalue weighted by molar-refractivity contribution is 5.43. The molecule has 2 aromatic carbocycles. The van der Waals surface area contributed by atoms with Gasteiger partial charge in [0.05, 0.1) is 18.0 Å². The molecule has 2 rings (SSSR count). The van der Waals surface area contributed by atoms with Gasteiger partial charge in [-0.05, 0) is 61.2 Å². The molecule has 0 aliphatic carbocycles. The number of benzene rings is 2. The second-order valence-electron chi connectivity index (χ2n) is 9.20. The molecule has 0 saturated carbocycles. The molecule has 182 valence electrons. The van der Waals surface area contributed by atoms with E-state index in [1.165, 1.54) is 89.0 Å². The molecule has 0 bridgehead atoms. The molecular weight excluding hydrogens is 404 g/mol. The highest BCUT2D eigenvalue weighted by Gasteiger charge is 1.98. The lowest BCUT2D eigenvalue weighted by Crippen LogP contribution is -1.96. The van der Waals surface area contributed by atoms with Crippen molar-refractivity contribution >= 4 is 11.4 Å². The summed E-state index contributed by atoms with van der Waals surface area (Å²) >= 11 is 0. The van der Waals surface area contributed by atoms with Crippen LogP contribution >= 0.6 is 0 Å². The average molecular weight is 451 g/mol. The molecule has 0 aliphatic rings. The summed E-state index contributed by atoms with van der Waals surface area (Å²) in [6.07, 6.45) is 20.0. The summed E-state index contributed by atoms with van der Waals surface area (Å²) in [6, 6.07) is 16.3. The van der Waals surface area contributed by atoms with E-state index < -0.39 is 0 Å². The van der Waals surface area contributed by atoms with Crippen LogP contribution in [-0.4, -0.2) is 6.61 Å². The van der Waals surface area contributed by atoms with Gasteiger partial charge in [-0.2, -0.15) is 10.2 Å². The van der Waals surface area contributed by atoms with E-state index in [4.69, 9.17) is 4.74 Å². The van der Waals surface area contributed by atoms with Crippen molar-refractivity contribution in [3.8, 4) is 5.75 Å². The molecular formula is C30H46N2O. The Morgan fingerprint density at radius 3 is 1.48 bits per heavy atom. The van der Waals surface area contributed by atoms with Crippen LogP contribution in [0.5, 0.6) is 5.75 Å². The number of rotatable bonds is 19. The molecule has 0 N–H and O–H groups in total. The van der Waals surface area contributed by atoms with Gasteiger partial charge in [0, 0.05) is 0 Å². The monoisotopic (exact) mass is 450 g/mol. The fourth-order valence-corrected chi connectivity index (χ4v) is 3.97. The van der Waals surface area contributed by atoms with Crippen LogP contribution in [0.3, 0.4) is 0 Å². The van der Waals surface area contributed by atoms with Gasteiger partial charge in [0.1, 0.15) is 5.75 Å². The van der Waals surface area contributed by atoms with Crippen molar-refractivity contribution in [1.29, 1.82) is 0 Å². The Bertz CT molecular complexity index is 737. The minimum Gasteiger partial charge on any atom is -0.494 e. The Morgan fingerprint density at radius 2 is 0.970 bits per heavy atom. The first-order chi connectivity index (χ1) is 16.3. The smallest absolute Gasteiger partial charge is 0.119 e. The van der Waals surface area contributed by atoms with E-state index in [2.05, 4.69) is 36.2 Å². The van der Waals surface area contributed by atoms with Crippen LogP contribution in [0.25, 0.3) is 0 Å². The van der Waals surface area contributed by atoms with Gasteiger partial charge in [0.15, 0.2) is 0 Å². The summed E-state index contributed by atoms with van der Waals surface area (Å²) in [5.41, 5.74) is 3.11.